The van der Waals surface area contributed by atoms with Crippen LogP contribution in [0.4, 0.5) is 15.9 Å². The lowest BCUT2D eigenvalue weighted by molar-refractivity contribution is 0.0988. The second-order valence-electron chi connectivity index (χ2n) is 6.12. The lowest BCUT2D eigenvalue weighted by atomic mass is 10.2. The van der Waals surface area contributed by atoms with E-state index in [2.05, 4.69) is 4.98 Å². The van der Waals surface area contributed by atoms with Crippen molar-refractivity contribution in [3.8, 4) is 0 Å². The van der Waals surface area contributed by atoms with Crippen LogP contribution >= 0.6 is 0 Å². The fourth-order valence-corrected chi connectivity index (χ4v) is 2.91. The van der Waals surface area contributed by atoms with E-state index >= 15 is 0 Å². The van der Waals surface area contributed by atoms with Crippen LogP contribution in [0.1, 0.15) is 22.8 Å². The number of nitrogens with two attached hydrogens (primary N) is 1. The van der Waals surface area contributed by atoms with E-state index in [4.69, 9.17) is 5.73 Å². The standard InChI is InChI=1S/C20H19FN4O3/c1-2-24(19(27)14-8-10-15(21)11-9-14)16-17(22)25(20(28)23-18(16)26)12-13-6-4-3-5-7-13/h3-11H,2,12,22H2,1H3,(H,23,26,28). The Morgan fingerprint density at radius 3 is 2.36 bits per heavy atom. The maximum atomic E-state index is 13.2. The predicted octanol–water partition coefficient (Wildman–Crippen LogP) is 1.97. The number of nitrogens with one attached hydrogen (secondary N) is 1. The van der Waals surface area contributed by atoms with E-state index in [0.29, 0.717) is 0 Å². The van der Waals surface area contributed by atoms with Gasteiger partial charge in [-0.25, -0.2) is 9.18 Å². The number of aromatic nitrogens is 2. The van der Waals surface area contributed by atoms with E-state index < -0.39 is 23.0 Å². The first-order valence-electron chi connectivity index (χ1n) is 8.66. The summed E-state index contributed by atoms with van der Waals surface area (Å²) < 4.78 is 14.4. The number of rotatable bonds is 5. The van der Waals surface area contributed by atoms with Crippen molar-refractivity contribution in [2.45, 2.75) is 13.5 Å². The molecule has 0 fully saturated rings. The first kappa shape index (κ1) is 19.1. The molecule has 1 aromatic heterocycles. The number of hydrogen-bond donors (Lipinski definition) is 2. The molecule has 144 valence electrons. The fraction of sp³-hybridized carbons (Fsp3) is 0.150. The van der Waals surface area contributed by atoms with Gasteiger partial charge in [0.2, 0.25) is 0 Å². The molecule has 1 heterocycles. The van der Waals surface area contributed by atoms with Crippen LogP contribution in [-0.4, -0.2) is 22.0 Å². The molecule has 0 bridgehead atoms. The minimum Gasteiger partial charge on any atom is -0.383 e. The molecule has 8 heteroatoms. The molecule has 0 aliphatic heterocycles. The third-order valence-electron chi connectivity index (χ3n) is 4.32. The van der Waals surface area contributed by atoms with Crippen molar-refractivity contribution in [1.29, 1.82) is 0 Å². The number of anilines is 2. The van der Waals surface area contributed by atoms with Crippen molar-refractivity contribution >= 4 is 17.4 Å². The third-order valence-corrected chi connectivity index (χ3v) is 4.32. The lowest BCUT2D eigenvalue weighted by Gasteiger charge is -2.23. The Labute approximate surface area is 159 Å². The Bertz CT molecular complexity index is 1110. The van der Waals surface area contributed by atoms with Gasteiger partial charge in [-0.1, -0.05) is 30.3 Å². The predicted molar refractivity (Wildman–Crippen MR) is 105 cm³/mol. The Balaban J connectivity index is 2.07. The Morgan fingerprint density at radius 2 is 1.75 bits per heavy atom. The maximum Gasteiger partial charge on any atom is 0.330 e. The van der Waals surface area contributed by atoms with Crippen molar-refractivity contribution in [1.82, 2.24) is 9.55 Å². The SMILES string of the molecule is CCN(C(=O)c1ccc(F)cc1)c1c(N)n(Cc2ccccc2)c(=O)[nH]c1=O. The van der Waals surface area contributed by atoms with Gasteiger partial charge in [-0.15, -0.1) is 0 Å². The molecule has 7 nitrogen and oxygen atoms in total. The summed E-state index contributed by atoms with van der Waals surface area (Å²) in [5.41, 5.74) is 5.60. The Hall–Kier alpha value is -3.68. The summed E-state index contributed by atoms with van der Waals surface area (Å²) in [6.07, 6.45) is 0. The molecular weight excluding hydrogens is 363 g/mol. The van der Waals surface area contributed by atoms with Crippen LogP contribution < -0.4 is 21.9 Å². The number of amides is 1. The van der Waals surface area contributed by atoms with Gasteiger partial charge in [0, 0.05) is 12.1 Å². The monoisotopic (exact) mass is 382 g/mol. The Kier molecular flexibility index (Phi) is 5.39. The van der Waals surface area contributed by atoms with Crippen LogP contribution in [0.3, 0.4) is 0 Å². The zero-order valence-corrected chi connectivity index (χ0v) is 15.2. The Morgan fingerprint density at radius 1 is 1.11 bits per heavy atom. The van der Waals surface area contributed by atoms with Crippen molar-refractivity contribution in [2.75, 3.05) is 17.2 Å². The first-order chi connectivity index (χ1) is 13.4. The minimum atomic E-state index is -0.760. The van der Waals surface area contributed by atoms with E-state index in [1.54, 1.807) is 6.92 Å². The molecule has 0 saturated heterocycles. The molecular formula is C20H19FN4O3. The maximum absolute atomic E-state index is 13.2. The summed E-state index contributed by atoms with van der Waals surface area (Å²) >= 11 is 0. The molecule has 0 aliphatic rings. The minimum absolute atomic E-state index is 0.116. The number of benzene rings is 2. The number of nitrogen functional groups attached to an aromatic ring is 1. The van der Waals surface area contributed by atoms with Crippen molar-refractivity contribution in [3.05, 3.63) is 92.4 Å². The summed E-state index contributed by atoms with van der Waals surface area (Å²) in [6.45, 7) is 1.94. The lowest BCUT2D eigenvalue weighted by Crippen LogP contribution is -2.41. The summed E-state index contributed by atoms with van der Waals surface area (Å²) in [5.74, 6) is -1.12. The highest BCUT2D eigenvalue weighted by atomic mass is 19.1. The summed E-state index contributed by atoms with van der Waals surface area (Å²) in [4.78, 5) is 41.0. The van der Waals surface area contributed by atoms with Gasteiger partial charge in [-0.2, -0.15) is 0 Å². The molecule has 0 unspecified atom stereocenters. The first-order valence-corrected chi connectivity index (χ1v) is 8.66. The zero-order valence-electron chi connectivity index (χ0n) is 15.2. The van der Waals surface area contributed by atoms with Crippen LogP contribution in [0.25, 0.3) is 0 Å². The highest BCUT2D eigenvalue weighted by molar-refractivity contribution is 6.07. The topological polar surface area (TPSA) is 101 Å². The highest BCUT2D eigenvalue weighted by Gasteiger charge is 2.24. The molecule has 28 heavy (non-hydrogen) atoms. The number of carbonyl (C=O) groups is 1. The fourth-order valence-electron chi connectivity index (χ4n) is 2.91. The number of aromatic amines is 1. The molecule has 3 N–H and O–H groups in total. The van der Waals surface area contributed by atoms with E-state index in [1.165, 1.54) is 21.6 Å². The van der Waals surface area contributed by atoms with Gasteiger partial charge in [-0.3, -0.25) is 19.1 Å². The van der Waals surface area contributed by atoms with Crippen LogP contribution in [0.5, 0.6) is 0 Å². The quantitative estimate of drug-likeness (QED) is 0.704. The number of hydrogen-bond acceptors (Lipinski definition) is 4. The van der Waals surface area contributed by atoms with Crippen LogP contribution in [0.15, 0.2) is 64.2 Å². The summed E-state index contributed by atoms with van der Waals surface area (Å²) in [6, 6.07) is 14.1. The number of carbonyl (C=O) groups excluding carboxylic acids is 1. The summed E-state index contributed by atoms with van der Waals surface area (Å²) in [7, 11) is 0. The number of halogens is 1. The van der Waals surface area contributed by atoms with Gasteiger partial charge in [0.1, 0.15) is 11.6 Å². The van der Waals surface area contributed by atoms with Gasteiger partial charge in [0.25, 0.3) is 11.5 Å². The molecule has 1 amide bonds. The third kappa shape index (κ3) is 3.71. The molecule has 0 radical (unpaired) electrons. The second-order valence-corrected chi connectivity index (χ2v) is 6.12. The molecule has 0 atom stereocenters. The second kappa shape index (κ2) is 7.91. The largest absolute Gasteiger partial charge is 0.383 e. The smallest absolute Gasteiger partial charge is 0.330 e. The van der Waals surface area contributed by atoms with E-state index in [9.17, 15) is 18.8 Å². The van der Waals surface area contributed by atoms with Gasteiger partial charge in [0.05, 0.1) is 6.54 Å². The number of nitrogens with zero attached hydrogens (tertiary/aromatic N) is 2. The zero-order chi connectivity index (χ0) is 20.3. The average Bonchev–Trinajstić information content (AvgIpc) is 2.69. The van der Waals surface area contributed by atoms with Crippen molar-refractivity contribution in [3.63, 3.8) is 0 Å². The molecule has 0 saturated carbocycles. The van der Waals surface area contributed by atoms with Crippen molar-refractivity contribution < 1.29 is 9.18 Å². The van der Waals surface area contributed by atoms with Gasteiger partial charge >= 0.3 is 5.69 Å². The van der Waals surface area contributed by atoms with Gasteiger partial charge in [0.15, 0.2) is 5.69 Å². The van der Waals surface area contributed by atoms with Crippen LogP contribution in [0.2, 0.25) is 0 Å². The van der Waals surface area contributed by atoms with Crippen molar-refractivity contribution in [2.24, 2.45) is 0 Å². The van der Waals surface area contributed by atoms with E-state index in [-0.39, 0.29) is 30.2 Å². The van der Waals surface area contributed by atoms with Gasteiger partial charge in [-0.05, 0) is 36.8 Å². The molecule has 2 aromatic carbocycles. The van der Waals surface area contributed by atoms with E-state index in [0.717, 1.165) is 17.7 Å². The molecule has 0 aliphatic carbocycles. The number of H-pyrrole nitrogens is 1. The molecule has 3 rings (SSSR count). The molecule has 0 spiro atoms. The van der Waals surface area contributed by atoms with E-state index in [1.807, 2.05) is 30.3 Å². The van der Waals surface area contributed by atoms with Crippen LogP contribution in [-0.2, 0) is 6.54 Å². The normalized spacial score (nSPS) is 10.6. The van der Waals surface area contributed by atoms with Crippen LogP contribution in [0, 0.1) is 5.82 Å². The average molecular weight is 382 g/mol. The summed E-state index contributed by atoms with van der Waals surface area (Å²) in [5, 5.41) is 0. The molecule has 3 aromatic rings. The van der Waals surface area contributed by atoms with Gasteiger partial charge < -0.3 is 10.6 Å². The highest BCUT2D eigenvalue weighted by Crippen LogP contribution is 2.20.